The van der Waals surface area contributed by atoms with Crippen LogP contribution in [-0.2, 0) is 16.0 Å². The minimum absolute atomic E-state index is 0.200. The van der Waals surface area contributed by atoms with Crippen LogP contribution in [0.3, 0.4) is 0 Å². The summed E-state index contributed by atoms with van der Waals surface area (Å²) in [5, 5.41) is 0. The maximum Gasteiger partial charge on any atom is 0.302 e. The molecule has 88 valence electrons. The molecule has 1 aromatic carbocycles. The Morgan fingerprint density at radius 1 is 1.31 bits per heavy atom. The van der Waals surface area contributed by atoms with Crippen molar-refractivity contribution in [3.8, 4) is 0 Å². The first kappa shape index (κ1) is 13.6. The number of carbonyl (C=O) groups excluding carboxylic acids is 1. The molecule has 1 aromatic rings. The Labute approximate surface area is 109 Å². The van der Waals surface area contributed by atoms with Gasteiger partial charge in [-0.25, -0.2) is 0 Å². The van der Waals surface area contributed by atoms with Crippen molar-refractivity contribution in [3.63, 3.8) is 0 Å². The zero-order valence-corrected chi connectivity index (χ0v) is 11.6. The lowest BCUT2D eigenvalue weighted by atomic mass is 10.2. The van der Waals surface area contributed by atoms with Crippen LogP contribution >= 0.6 is 27.7 Å². The average Bonchev–Trinajstić information content (AvgIpc) is 2.25. The largest absolute Gasteiger partial charge is 0.465 e. The van der Waals surface area contributed by atoms with Crippen LogP contribution in [0.1, 0.15) is 12.5 Å². The summed E-state index contributed by atoms with van der Waals surface area (Å²) in [5.74, 6) is 1.73. The van der Waals surface area contributed by atoms with Gasteiger partial charge < -0.3 is 4.74 Å². The van der Waals surface area contributed by atoms with Crippen molar-refractivity contribution in [2.24, 2.45) is 0 Å². The average molecular weight is 303 g/mol. The Morgan fingerprint density at radius 3 is 2.62 bits per heavy atom. The second-order valence-corrected chi connectivity index (χ2v) is 5.47. The minimum Gasteiger partial charge on any atom is -0.465 e. The zero-order valence-electron chi connectivity index (χ0n) is 9.24. The molecule has 0 saturated heterocycles. The molecule has 0 N–H and O–H groups in total. The van der Waals surface area contributed by atoms with Crippen molar-refractivity contribution in [1.29, 1.82) is 0 Å². The lowest BCUT2D eigenvalue weighted by molar-refractivity contribution is -0.140. The topological polar surface area (TPSA) is 26.3 Å². The molecule has 0 saturated carbocycles. The lowest BCUT2D eigenvalue weighted by Crippen LogP contribution is -2.03. The molecule has 16 heavy (non-hydrogen) atoms. The third kappa shape index (κ3) is 6.18. The highest BCUT2D eigenvalue weighted by Crippen LogP contribution is 2.12. The van der Waals surface area contributed by atoms with Gasteiger partial charge in [-0.3, -0.25) is 4.79 Å². The van der Waals surface area contributed by atoms with E-state index in [1.54, 1.807) is 11.8 Å². The molecule has 0 radical (unpaired) electrons. The van der Waals surface area contributed by atoms with E-state index in [4.69, 9.17) is 4.74 Å². The van der Waals surface area contributed by atoms with Crippen molar-refractivity contribution in [1.82, 2.24) is 0 Å². The van der Waals surface area contributed by atoms with Gasteiger partial charge in [0.25, 0.3) is 0 Å². The molecule has 0 bridgehead atoms. The number of hydrogen-bond acceptors (Lipinski definition) is 3. The van der Waals surface area contributed by atoms with Crippen LogP contribution in [-0.4, -0.2) is 24.1 Å². The van der Waals surface area contributed by atoms with Gasteiger partial charge in [0, 0.05) is 17.1 Å². The number of hydrogen-bond donors (Lipinski definition) is 0. The number of ether oxygens (including phenoxy) is 1. The van der Waals surface area contributed by atoms with Crippen LogP contribution in [0.2, 0.25) is 0 Å². The molecule has 0 aliphatic rings. The van der Waals surface area contributed by atoms with E-state index >= 15 is 0 Å². The van der Waals surface area contributed by atoms with E-state index in [0.29, 0.717) is 6.61 Å². The lowest BCUT2D eigenvalue weighted by Gasteiger charge is -2.03. The molecule has 0 aliphatic heterocycles. The first-order valence-electron chi connectivity index (χ1n) is 5.14. The summed E-state index contributed by atoms with van der Waals surface area (Å²) in [5.41, 5.74) is 1.34. The SMILES string of the molecule is CC(=O)OCCSCCc1ccc(Br)cc1. The van der Waals surface area contributed by atoms with Crippen molar-refractivity contribution in [2.75, 3.05) is 18.1 Å². The van der Waals surface area contributed by atoms with Gasteiger partial charge in [0.1, 0.15) is 6.61 Å². The highest BCUT2D eigenvalue weighted by Gasteiger charge is 1.95. The summed E-state index contributed by atoms with van der Waals surface area (Å²) in [6, 6.07) is 8.35. The van der Waals surface area contributed by atoms with Crippen LogP contribution in [0.5, 0.6) is 0 Å². The van der Waals surface area contributed by atoms with E-state index < -0.39 is 0 Å². The molecule has 0 aromatic heterocycles. The molecular weight excluding hydrogens is 288 g/mol. The van der Waals surface area contributed by atoms with Crippen molar-refractivity contribution >= 4 is 33.7 Å². The molecule has 0 atom stereocenters. The highest BCUT2D eigenvalue weighted by molar-refractivity contribution is 9.10. The van der Waals surface area contributed by atoms with Gasteiger partial charge in [-0.05, 0) is 29.9 Å². The molecule has 1 rings (SSSR count). The van der Waals surface area contributed by atoms with E-state index in [1.807, 2.05) is 0 Å². The van der Waals surface area contributed by atoms with E-state index in [2.05, 4.69) is 40.2 Å². The standard InChI is InChI=1S/C12H15BrO2S/c1-10(14)15-7-9-16-8-6-11-2-4-12(13)5-3-11/h2-5H,6-9H2,1H3. The Balaban J connectivity index is 2.07. The Hall–Kier alpha value is -0.480. The van der Waals surface area contributed by atoms with Crippen molar-refractivity contribution in [3.05, 3.63) is 34.3 Å². The molecule has 0 heterocycles. The van der Waals surface area contributed by atoms with Gasteiger partial charge in [-0.15, -0.1) is 0 Å². The molecule has 0 amide bonds. The van der Waals surface area contributed by atoms with Gasteiger partial charge in [-0.2, -0.15) is 11.8 Å². The highest BCUT2D eigenvalue weighted by atomic mass is 79.9. The van der Waals surface area contributed by atoms with Crippen LogP contribution in [0, 0.1) is 0 Å². The normalized spacial score (nSPS) is 10.1. The van der Waals surface area contributed by atoms with Crippen LogP contribution in [0.4, 0.5) is 0 Å². The summed E-state index contributed by atoms with van der Waals surface area (Å²) in [4.78, 5) is 10.5. The van der Waals surface area contributed by atoms with E-state index in [0.717, 1.165) is 22.4 Å². The molecular formula is C12H15BrO2S. The zero-order chi connectivity index (χ0) is 11.8. The number of benzene rings is 1. The second kappa shape index (κ2) is 7.74. The fraction of sp³-hybridized carbons (Fsp3) is 0.417. The minimum atomic E-state index is -0.200. The molecule has 0 unspecified atom stereocenters. The fourth-order valence-electron chi connectivity index (χ4n) is 1.19. The maximum atomic E-state index is 10.5. The summed E-state index contributed by atoms with van der Waals surface area (Å²) < 4.78 is 5.95. The van der Waals surface area contributed by atoms with E-state index in [9.17, 15) is 4.79 Å². The first-order chi connectivity index (χ1) is 7.68. The summed E-state index contributed by atoms with van der Waals surface area (Å²) in [7, 11) is 0. The molecule has 4 heteroatoms. The Kier molecular flexibility index (Phi) is 6.57. The predicted octanol–water partition coefficient (Wildman–Crippen LogP) is 3.29. The molecule has 2 nitrogen and oxygen atoms in total. The number of aryl methyl sites for hydroxylation is 1. The van der Waals surface area contributed by atoms with Gasteiger partial charge in [0.2, 0.25) is 0 Å². The molecule has 0 fully saturated rings. The Morgan fingerprint density at radius 2 is 2.00 bits per heavy atom. The number of thioether (sulfide) groups is 1. The second-order valence-electron chi connectivity index (χ2n) is 3.33. The van der Waals surface area contributed by atoms with Gasteiger partial charge in [0.05, 0.1) is 0 Å². The maximum absolute atomic E-state index is 10.5. The number of halogens is 1. The van der Waals surface area contributed by atoms with Crippen LogP contribution in [0.15, 0.2) is 28.7 Å². The third-order valence-electron chi connectivity index (χ3n) is 1.98. The molecule has 0 spiro atoms. The smallest absolute Gasteiger partial charge is 0.302 e. The molecule has 0 aliphatic carbocycles. The van der Waals surface area contributed by atoms with E-state index in [1.165, 1.54) is 12.5 Å². The van der Waals surface area contributed by atoms with Crippen LogP contribution in [0.25, 0.3) is 0 Å². The van der Waals surface area contributed by atoms with Gasteiger partial charge in [0.15, 0.2) is 0 Å². The Bertz CT molecular complexity index is 324. The van der Waals surface area contributed by atoms with Gasteiger partial charge >= 0.3 is 5.97 Å². The summed E-state index contributed by atoms with van der Waals surface area (Å²) in [6.07, 6.45) is 1.05. The summed E-state index contributed by atoms with van der Waals surface area (Å²) in [6.45, 7) is 1.95. The predicted molar refractivity (Wildman–Crippen MR) is 71.8 cm³/mol. The van der Waals surface area contributed by atoms with Crippen molar-refractivity contribution < 1.29 is 9.53 Å². The fourth-order valence-corrected chi connectivity index (χ4v) is 2.24. The van der Waals surface area contributed by atoms with Gasteiger partial charge in [-0.1, -0.05) is 28.1 Å². The monoisotopic (exact) mass is 302 g/mol. The van der Waals surface area contributed by atoms with Crippen molar-refractivity contribution in [2.45, 2.75) is 13.3 Å². The van der Waals surface area contributed by atoms with E-state index in [-0.39, 0.29) is 5.97 Å². The number of carbonyl (C=O) groups is 1. The number of esters is 1. The first-order valence-corrected chi connectivity index (χ1v) is 7.09. The number of rotatable bonds is 6. The summed E-state index contributed by atoms with van der Waals surface area (Å²) >= 11 is 5.21. The third-order valence-corrected chi connectivity index (χ3v) is 3.46. The quantitative estimate of drug-likeness (QED) is 0.596. The van der Waals surface area contributed by atoms with Crippen LogP contribution < -0.4 is 0 Å².